The molecule has 6 heteroatoms. The van der Waals surface area contributed by atoms with Crippen molar-refractivity contribution in [2.75, 3.05) is 11.1 Å². The lowest BCUT2D eigenvalue weighted by molar-refractivity contribution is -0.113. The fourth-order valence-electron chi connectivity index (χ4n) is 2.49. The number of amides is 1. The van der Waals surface area contributed by atoms with Crippen molar-refractivity contribution in [3.05, 3.63) is 54.2 Å². The minimum atomic E-state index is -0.0385. The number of nitrogens with one attached hydrogen (secondary N) is 1. The highest BCUT2D eigenvalue weighted by molar-refractivity contribution is 7.99. The Balaban J connectivity index is 1.66. The van der Waals surface area contributed by atoms with Gasteiger partial charge in [0, 0.05) is 11.9 Å². The molecule has 1 N–H and O–H groups in total. The molecule has 0 aliphatic rings. The molecule has 0 radical (unpaired) electrons. The summed E-state index contributed by atoms with van der Waals surface area (Å²) < 4.78 is 1.88. The van der Waals surface area contributed by atoms with Gasteiger partial charge in [-0.05, 0) is 36.1 Å². The monoisotopic (exact) mass is 340 g/mol. The molecule has 0 saturated carbocycles. The van der Waals surface area contributed by atoms with Crippen LogP contribution in [0.1, 0.15) is 31.7 Å². The summed E-state index contributed by atoms with van der Waals surface area (Å²) in [6, 6.07) is 13.7. The van der Waals surface area contributed by atoms with Gasteiger partial charge < -0.3 is 5.32 Å². The Hall–Kier alpha value is -2.34. The molecule has 124 valence electrons. The normalized spacial score (nSPS) is 12.2. The van der Waals surface area contributed by atoms with Gasteiger partial charge in [-0.1, -0.05) is 49.9 Å². The lowest BCUT2D eigenvalue weighted by Crippen LogP contribution is -2.16. The molecule has 2 aromatic heterocycles. The van der Waals surface area contributed by atoms with Crippen LogP contribution in [0.4, 0.5) is 5.69 Å². The third kappa shape index (κ3) is 3.59. The Kier molecular flexibility index (Phi) is 5.15. The topological polar surface area (TPSA) is 59.3 Å². The number of para-hydroxylation sites is 1. The summed E-state index contributed by atoms with van der Waals surface area (Å²) >= 11 is 1.38. The Labute approximate surface area is 145 Å². The van der Waals surface area contributed by atoms with Crippen molar-refractivity contribution < 1.29 is 4.79 Å². The van der Waals surface area contributed by atoms with E-state index in [2.05, 4.69) is 35.4 Å². The molecule has 1 amide bonds. The standard InChI is InChI=1S/C18H20N4OS/c1-3-13(2)14-8-4-5-9-15(14)19-17(23)12-24-18-21-20-16-10-6-7-11-22(16)18/h4-11,13H,3,12H2,1-2H3,(H,19,23)/t13-/m1/s1. The highest BCUT2D eigenvalue weighted by atomic mass is 32.2. The third-order valence-corrected chi connectivity index (χ3v) is 4.94. The average Bonchev–Trinajstić information content (AvgIpc) is 3.03. The van der Waals surface area contributed by atoms with Crippen LogP contribution in [0.5, 0.6) is 0 Å². The van der Waals surface area contributed by atoms with Crippen molar-refractivity contribution in [1.29, 1.82) is 0 Å². The van der Waals surface area contributed by atoms with Gasteiger partial charge >= 0.3 is 0 Å². The van der Waals surface area contributed by atoms with Gasteiger partial charge in [-0.2, -0.15) is 0 Å². The number of rotatable bonds is 6. The second-order valence-corrected chi connectivity index (χ2v) is 6.59. The molecule has 5 nitrogen and oxygen atoms in total. The summed E-state index contributed by atoms with van der Waals surface area (Å²) in [7, 11) is 0. The summed E-state index contributed by atoms with van der Waals surface area (Å²) in [5.74, 6) is 0.669. The van der Waals surface area contributed by atoms with E-state index >= 15 is 0 Å². The fraction of sp³-hybridized carbons (Fsp3) is 0.278. The van der Waals surface area contributed by atoms with Crippen LogP contribution in [0.3, 0.4) is 0 Å². The lowest BCUT2D eigenvalue weighted by Gasteiger charge is -2.15. The molecule has 1 atom stereocenters. The van der Waals surface area contributed by atoms with Crippen LogP contribution >= 0.6 is 11.8 Å². The van der Waals surface area contributed by atoms with Gasteiger partial charge in [0.1, 0.15) is 0 Å². The number of pyridine rings is 1. The maximum Gasteiger partial charge on any atom is 0.234 e. The summed E-state index contributed by atoms with van der Waals surface area (Å²) in [6.07, 6.45) is 2.93. The van der Waals surface area contributed by atoms with E-state index in [4.69, 9.17) is 0 Å². The number of anilines is 1. The number of hydrogen-bond acceptors (Lipinski definition) is 4. The van der Waals surface area contributed by atoms with Crippen molar-refractivity contribution in [3.63, 3.8) is 0 Å². The van der Waals surface area contributed by atoms with Gasteiger partial charge in [0.2, 0.25) is 5.91 Å². The van der Waals surface area contributed by atoms with Crippen LogP contribution < -0.4 is 5.32 Å². The minimum absolute atomic E-state index is 0.0385. The number of thioether (sulfide) groups is 1. The van der Waals surface area contributed by atoms with Crippen LogP contribution in [0.15, 0.2) is 53.8 Å². The van der Waals surface area contributed by atoms with Gasteiger partial charge in [-0.3, -0.25) is 9.20 Å². The molecule has 3 aromatic rings. The van der Waals surface area contributed by atoms with Gasteiger partial charge in [0.05, 0.1) is 5.75 Å². The van der Waals surface area contributed by atoms with Crippen LogP contribution in [-0.4, -0.2) is 26.3 Å². The van der Waals surface area contributed by atoms with Crippen molar-refractivity contribution >= 4 is 29.0 Å². The molecule has 0 aliphatic carbocycles. The van der Waals surface area contributed by atoms with Crippen LogP contribution in [0.2, 0.25) is 0 Å². The average molecular weight is 340 g/mol. The van der Waals surface area contributed by atoms with Crippen LogP contribution in [0.25, 0.3) is 5.65 Å². The van der Waals surface area contributed by atoms with Gasteiger partial charge in [-0.25, -0.2) is 0 Å². The van der Waals surface area contributed by atoms with E-state index in [1.807, 2.05) is 47.0 Å². The zero-order valence-electron chi connectivity index (χ0n) is 13.8. The van der Waals surface area contributed by atoms with Gasteiger partial charge in [0.15, 0.2) is 10.8 Å². The number of fused-ring (bicyclic) bond motifs is 1. The van der Waals surface area contributed by atoms with Crippen molar-refractivity contribution in [1.82, 2.24) is 14.6 Å². The van der Waals surface area contributed by atoms with Crippen molar-refractivity contribution in [2.45, 2.75) is 31.3 Å². The summed E-state index contributed by atoms with van der Waals surface area (Å²) in [5.41, 5.74) is 2.84. The second kappa shape index (κ2) is 7.49. The Morgan fingerprint density at radius 3 is 2.83 bits per heavy atom. The van der Waals surface area contributed by atoms with Crippen molar-refractivity contribution in [3.8, 4) is 0 Å². The first-order valence-electron chi connectivity index (χ1n) is 8.00. The predicted molar refractivity (Wildman–Crippen MR) is 97.5 cm³/mol. The third-order valence-electron chi connectivity index (χ3n) is 3.99. The second-order valence-electron chi connectivity index (χ2n) is 5.64. The first-order valence-corrected chi connectivity index (χ1v) is 8.99. The van der Waals surface area contributed by atoms with Crippen LogP contribution in [-0.2, 0) is 4.79 Å². The van der Waals surface area contributed by atoms with E-state index < -0.39 is 0 Å². The molecular formula is C18H20N4OS. The molecule has 1 aromatic carbocycles. The molecule has 3 rings (SSSR count). The molecule has 0 aliphatic heterocycles. The Morgan fingerprint density at radius 1 is 1.21 bits per heavy atom. The number of carbonyl (C=O) groups excluding carboxylic acids is 1. The largest absolute Gasteiger partial charge is 0.325 e. The van der Waals surface area contributed by atoms with Crippen molar-refractivity contribution in [2.24, 2.45) is 0 Å². The minimum Gasteiger partial charge on any atom is -0.325 e. The molecule has 24 heavy (non-hydrogen) atoms. The van der Waals surface area contributed by atoms with E-state index in [0.29, 0.717) is 11.7 Å². The smallest absolute Gasteiger partial charge is 0.234 e. The van der Waals surface area contributed by atoms with E-state index in [0.717, 1.165) is 22.9 Å². The Morgan fingerprint density at radius 2 is 2.00 bits per heavy atom. The molecule has 0 unspecified atom stereocenters. The van der Waals surface area contributed by atoms with E-state index in [1.165, 1.54) is 17.3 Å². The van der Waals surface area contributed by atoms with E-state index in [-0.39, 0.29) is 5.91 Å². The first kappa shape index (κ1) is 16.5. The maximum atomic E-state index is 12.3. The molecule has 0 saturated heterocycles. The van der Waals surface area contributed by atoms with E-state index in [9.17, 15) is 4.79 Å². The number of carbonyl (C=O) groups is 1. The molecular weight excluding hydrogens is 320 g/mol. The number of hydrogen-bond donors (Lipinski definition) is 1. The number of nitrogens with zero attached hydrogens (tertiary/aromatic N) is 3. The zero-order valence-corrected chi connectivity index (χ0v) is 14.6. The summed E-state index contributed by atoms with van der Waals surface area (Å²) in [5, 5.41) is 12.0. The quantitative estimate of drug-likeness (QED) is 0.690. The number of benzene rings is 1. The zero-order chi connectivity index (χ0) is 16.9. The SMILES string of the molecule is CC[C@@H](C)c1ccccc1NC(=O)CSc1nnc2ccccn12. The summed E-state index contributed by atoms with van der Waals surface area (Å²) in [6.45, 7) is 4.32. The highest BCUT2D eigenvalue weighted by Crippen LogP contribution is 2.27. The first-order chi connectivity index (χ1) is 11.7. The molecule has 0 spiro atoms. The molecule has 0 bridgehead atoms. The summed E-state index contributed by atoms with van der Waals surface area (Å²) in [4.78, 5) is 12.3. The Bertz CT molecular complexity index is 846. The van der Waals surface area contributed by atoms with Gasteiger partial charge in [0.25, 0.3) is 0 Å². The van der Waals surface area contributed by atoms with Gasteiger partial charge in [-0.15, -0.1) is 10.2 Å². The maximum absolute atomic E-state index is 12.3. The predicted octanol–water partition coefficient (Wildman–Crippen LogP) is 3.97. The fourth-order valence-corrected chi connectivity index (χ4v) is 3.22. The van der Waals surface area contributed by atoms with Crippen LogP contribution in [0, 0.1) is 0 Å². The highest BCUT2D eigenvalue weighted by Gasteiger charge is 2.12. The van der Waals surface area contributed by atoms with E-state index in [1.54, 1.807) is 0 Å². The lowest BCUT2D eigenvalue weighted by atomic mass is 9.97. The molecule has 0 fully saturated rings. The molecule has 2 heterocycles. The number of aromatic nitrogens is 3.